The van der Waals surface area contributed by atoms with Gasteiger partial charge >= 0.3 is 0 Å². The second kappa shape index (κ2) is 5.50. The lowest BCUT2D eigenvalue weighted by atomic mass is 10.0. The molecule has 2 rings (SSSR count). The summed E-state index contributed by atoms with van der Waals surface area (Å²) in [6.45, 7) is 0. The zero-order chi connectivity index (χ0) is 13.0. The largest absolute Gasteiger partial charge is 0.481 e. The number of nitrogens with one attached hydrogen (secondary N) is 1. The molecule has 2 aromatic rings. The van der Waals surface area contributed by atoms with Crippen LogP contribution in [0.25, 0.3) is 0 Å². The van der Waals surface area contributed by atoms with E-state index < -0.39 is 0 Å². The number of ether oxygens (including phenoxy) is 1. The fourth-order valence-electron chi connectivity index (χ4n) is 1.71. The summed E-state index contributed by atoms with van der Waals surface area (Å²) in [7, 11) is 3.26. The van der Waals surface area contributed by atoms with Crippen molar-refractivity contribution in [1.29, 1.82) is 0 Å². The Hall–Kier alpha value is -2.08. The summed E-state index contributed by atoms with van der Waals surface area (Å²) >= 11 is 0. The number of nitrogens with zero attached hydrogens (tertiary/aromatic N) is 3. The first-order valence-electron chi connectivity index (χ1n) is 5.39. The molecule has 94 valence electrons. The molecule has 6 heteroatoms. The molecule has 0 saturated heterocycles. The first-order chi connectivity index (χ1) is 8.76. The van der Waals surface area contributed by atoms with Crippen LogP contribution in [0.3, 0.4) is 0 Å². The molecule has 0 bridgehead atoms. The molecule has 0 fully saturated rings. The van der Waals surface area contributed by atoms with E-state index >= 15 is 0 Å². The highest BCUT2D eigenvalue weighted by molar-refractivity contribution is 5.28. The predicted octanol–water partition coefficient (Wildman–Crippen LogP) is 1.33. The van der Waals surface area contributed by atoms with Crippen molar-refractivity contribution in [1.82, 2.24) is 20.3 Å². The summed E-state index contributed by atoms with van der Waals surface area (Å²) < 4.78 is 18.7. The van der Waals surface area contributed by atoms with Crippen LogP contribution in [0.4, 0.5) is 4.39 Å². The third-order valence-electron chi connectivity index (χ3n) is 2.57. The molecule has 2 aromatic heterocycles. The maximum Gasteiger partial charge on any atom is 0.216 e. The first kappa shape index (κ1) is 12.4. The maximum atomic E-state index is 13.7. The van der Waals surface area contributed by atoms with Crippen molar-refractivity contribution in [3.05, 3.63) is 47.9 Å². The minimum absolute atomic E-state index is 0.370. The molecule has 0 aliphatic carbocycles. The molecular weight excluding hydrogens is 235 g/mol. The molecule has 0 aromatic carbocycles. The summed E-state index contributed by atoms with van der Waals surface area (Å²) in [5, 5.41) is 3.01. The van der Waals surface area contributed by atoms with Gasteiger partial charge in [0.05, 0.1) is 25.0 Å². The van der Waals surface area contributed by atoms with Gasteiger partial charge in [-0.25, -0.2) is 14.4 Å². The Kier molecular flexibility index (Phi) is 3.78. The van der Waals surface area contributed by atoms with E-state index in [1.54, 1.807) is 25.4 Å². The molecule has 1 N–H and O–H groups in total. The van der Waals surface area contributed by atoms with Gasteiger partial charge in [0.15, 0.2) is 0 Å². The standard InChI is InChI=1S/C12H13FN4O/c1-14-12(8-3-4-15-6-9(8)13)10-5-11(18-2)17-7-16-10/h3-7,12,14H,1-2H3. The zero-order valence-corrected chi connectivity index (χ0v) is 10.1. The fraction of sp³-hybridized carbons (Fsp3) is 0.250. The minimum Gasteiger partial charge on any atom is -0.481 e. The zero-order valence-electron chi connectivity index (χ0n) is 10.1. The predicted molar refractivity (Wildman–Crippen MR) is 63.7 cm³/mol. The summed E-state index contributed by atoms with van der Waals surface area (Å²) in [5.74, 6) is 0.0594. The Morgan fingerprint density at radius 1 is 1.39 bits per heavy atom. The molecular formula is C12H13FN4O. The van der Waals surface area contributed by atoms with Gasteiger partial charge in [-0.15, -0.1) is 0 Å². The van der Waals surface area contributed by atoms with E-state index in [4.69, 9.17) is 4.74 Å². The lowest BCUT2D eigenvalue weighted by Gasteiger charge is -2.16. The van der Waals surface area contributed by atoms with E-state index in [9.17, 15) is 4.39 Å². The third-order valence-corrected chi connectivity index (χ3v) is 2.57. The van der Waals surface area contributed by atoms with Crippen LogP contribution in [0.5, 0.6) is 5.88 Å². The summed E-state index contributed by atoms with van der Waals surface area (Å²) in [4.78, 5) is 11.8. The Balaban J connectivity index is 2.42. The highest BCUT2D eigenvalue weighted by atomic mass is 19.1. The SMILES string of the molecule is CNC(c1cc(OC)ncn1)c1ccncc1F. The Labute approximate surface area is 104 Å². The van der Waals surface area contributed by atoms with Gasteiger partial charge in [-0.1, -0.05) is 0 Å². The van der Waals surface area contributed by atoms with Gasteiger partial charge in [-0.3, -0.25) is 4.98 Å². The van der Waals surface area contributed by atoms with Crippen LogP contribution in [0.2, 0.25) is 0 Å². The van der Waals surface area contributed by atoms with Crippen molar-refractivity contribution >= 4 is 0 Å². The van der Waals surface area contributed by atoms with Gasteiger partial charge < -0.3 is 10.1 Å². The molecule has 1 unspecified atom stereocenters. The fourth-order valence-corrected chi connectivity index (χ4v) is 1.71. The number of rotatable bonds is 4. The monoisotopic (exact) mass is 248 g/mol. The normalized spacial score (nSPS) is 12.2. The van der Waals surface area contributed by atoms with Crippen LogP contribution >= 0.6 is 0 Å². The van der Waals surface area contributed by atoms with Crippen LogP contribution in [0, 0.1) is 5.82 Å². The Bertz CT molecular complexity index is 535. The van der Waals surface area contributed by atoms with Gasteiger partial charge in [0.2, 0.25) is 5.88 Å². The summed E-state index contributed by atoms with van der Waals surface area (Å²) in [5.41, 5.74) is 1.11. The molecule has 0 radical (unpaired) electrons. The quantitative estimate of drug-likeness (QED) is 0.884. The van der Waals surface area contributed by atoms with E-state index in [0.717, 1.165) is 0 Å². The number of aromatic nitrogens is 3. The number of pyridine rings is 1. The molecule has 5 nitrogen and oxygen atoms in total. The van der Waals surface area contributed by atoms with E-state index in [-0.39, 0.29) is 11.9 Å². The number of methoxy groups -OCH3 is 1. The smallest absolute Gasteiger partial charge is 0.216 e. The molecule has 2 heterocycles. The van der Waals surface area contributed by atoms with Gasteiger partial charge in [0.25, 0.3) is 0 Å². The van der Waals surface area contributed by atoms with Crippen molar-refractivity contribution in [2.24, 2.45) is 0 Å². The highest BCUT2D eigenvalue weighted by Crippen LogP contribution is 2.23. The van der Waals surface area contributed by atoms with Gasteiger partial charge in [-0.05, 0) is 13.1 Å². The van der Waals surface area contributed by atoms with E-state index in [0.29, 0.717) is 17.1 Å². The average Bonchev–Trinajstić information content (AvgIpc) is 2.42. The number of halogens is 1. The van der Waals surface area contributed by atoms with Crippen molar-refractivity contribution in [3.8, 4) is 5.88 Å². The second-order valence-corrected chi connectivity index (χ2v) is 3.60. The number of hydrogen-bond donors (Lipinski definition) is 1. The second-order valence-electron chi connectivity index (χ2n) is 3.60. The molecule has 0 aliphatic heterocycles. The summed E-state index contributed by atoms with van der Waals surface area (Å²) in [6, 6.07) is 2.91. The average molecular weight is 248 g/mol. The van der Waals surface area contributed by atoms with Crippen molar-refractivity contribution in [3.63, 3.8) is 0 Å². The van der Waals surface area contributed by atoms with Crippen LogP contribution in [0.1, 0.15) is 17.3 Å². The van der Waals surface area contributed by atoms with Crippen molar-refractivity contribution in [2.75, 3.05) is 14.2 Å². The minimum atomic E-state index is -0.380. The van der Waals surface area contributed by atoms with Gasteiger partial charge in [0.1, 0.15) is 12.1 Å². The van der Waals surface area contributed by atoms with Crippen LogP contribution in [-0.4, -0.2) is 29.1 Å². The van der Waals surface area contributed by atoms with Gasteiger partial charge in [0, 0.05) is 17.8 Å². The topological polar surface area (TPSA) is 59.9 Å². The Morgan fingerprint density at radius 3 is 2.89 bits per heavy atom. The first-order valence-corrected chi connectivity index (χ1v) is 5.39. The van der Waals surface area contributed by atoms with E-state index in [1.165, 1.54) is 19.6 Å². The molecule has 0 amide bonds. The van der Waals surface area contributed by atoms with Crippen LogP contribution in [-0.2, 0) is 0 Å². The van der Waals surface area contributed by atoms with Gasteiger partial charge in [-0.2, -0.15) is 0 Å². The number of hydrogen-bond acceptors (Lipinski definition) is 5. The van der Waals surface area contributed by atoms with E-state index in [2.05, 4.69) is 20.3 Å². The molecule has 0 aliphatic rings. The summed E-state index contributed by atoms with van der Waals surface area (Å²) in [6.07, 6.45) is 4.11. The molecule has 0 spiro atoms. The lowest BCUT2D eigenvalue weighted by Crippen LogP contribution is -2.20. The van der Waals surface area contributed by atoms with Crippen molar-refractivity contribution < 1.29 is 9.13 Å². The molecule has 1 atom stereocenters. The maximum absolute atomic E-state index is 13.7. The van der Waals surface area contributed by atoms with Crippen LogP contribution < -0.4 is 10.1 Å². The highest BCUT2D eigenvalue weighted by Gasteiger charge is 2.18. The van der Waals surface area contributed by atoms with E-state index in [1.807, 2.05) is 0 Å². The third kappa shape index (κ3) is 2.43. The lowest BCUT2D eigenvalue weighted by molar-refractivity contribution is 0.395. The van der Waals surface area contributed by atoms with Crippen molar-refractivity contribution in [2.45, 2.75) is 6.04 Å². The molecule has 18 heavy (non-hydrogen) atoms. The molecule has 0 saturated carbocycles. The Morgan fingerprint density at radius 2 is 2.22 bits per heavy atom. The van der Waals surface area contributed by atoms with Crippen LogP contribution in [0.15, 0.2) is 30.9 Å².